The fourth-order valence-electron chi connectivity index (χ4n) is 3.33. The smallest absolute Gasteiger partial charge is 0.226 e. The first-order valence-corrected chi connectivity index (χ1v) is 8.49. The van der Waals surface area contributed by atoms with E-state index < -0.39 is 0 Å². The zero-order chi connectivity index (χ0) is 16.1. The van der Waals surface area contributed by atoms with Gasteiger partial charge in [-0.15, -0.1) is 0 Å². The molecule has 3 rings (SSSR count). The first-order chi connectivity index (χ1) is 11.2. The third kappa shape index (κ3) is 4.01. The third-order valence-electron chi connectivity index (χ3n) is 4.73. The third-order valence-corrected chi connectivity index (χ3v) is 4.73. The predicted molar refractivity (Wildman–Crippen MR) is 89.5 cm³/mol. The van der Waals surface area contributed by atoms with Crippen LogP contribution >= 0.6 is 0 Å². The van der Waals surface area contributed by atoms with Crippen molar-refractivity contribution in [1.82, 2.24) is 9.80 Å². The van der Waals surface area contributed by atoms with Crippen LogP contribution in [0.25, 0.3) is 0 Å². The number of benzene rings is 1. The summed E-state index contributed by atoms with van der Waals surface area (Å²) in [6, 6.07) is 10.0. The Morgan fingerprint density at radius 1 is 1.09 bits per heavy atom. The molecule has 2 aliphatic rings. The van der Waals surface area contributed by atoms with Gasteiger partial charge in [0.25, 0.3) is 0 Å². The van der Waals surface area contributed by atoms with Crippen LogP contribution in [0.1, 0.15) is 31.2 Å². The van der Waals surface area contributed by atoms with E-state index >= 15 is 0 Å². The van der Waals surface area contributed by atoms with Crippen molar-refractivity contribution >= 4 is 11.8 Å². The molecule has 1 saturated heterocycles. The highest BCUT2D eigenvalue weighted by Crippen LogP contribution is 2.21. The number of nitrogens with zero attached hydrogens (tertiary/aromatic N) is 2. The number of carbonyl (C=O) groups excluding carboxylic acids is 2. The van der Waals surface area contributed by atoms with Crippen LogP contribution in [0, 0.1) is 5.92 Å². The second kappa shape index (κ2) is 7.44. The molecule has 1 aromatic carbocycles. The van der Waals surface area contributed by atoms with E-state index in [0.29, 0.717) is 32.6 Å². The molecule has 0 aromatic heterocycles. The molecule has 0 saturated carbocycles. The van der Waals surface area contributed by atoms with Crippen molar-refractivity contribution in [3.05, 3.63) is 48.0 Å². The van der Waals surface area contributed by atoms with Gasteiger partial charge in [0, 0.05) is 38.5 Å². The summed E-state index contributed by atoms with van der Waals surface area (Å²) in [6.45, 7) is 2.47. The molecule has 23 heavy (non-hydrogen) atoms. The Morgan fingerprint density at radius 3 is 2.65 bits per heavy atom. The molecule has 1 fully saturated rings. The Labute approximate surface area is 137 Å². The van der Waals surface area contributed by atoms with Crippen LogP contribution in [-0.2, 0) is 16.1 Å². The summed E-state index contributed by atoms with van der Waals surface area (Å²) in [5, 5.41) is 0. The number of allylic oxidation sites excluding steroid dienone is 2. The molecule has 1 atom stereocenters. The highest BCUT2D eigenvalue weighted by molar-refractivity contribution is 5.82. The molecule has 1 aliphatic carbocycles. The van der Waals surface area contributed by atoms with Gasteiger partial charge in [0.2, 0.25) is 11.8 Å². The van der Waals surface area contributed by atoms with Gasteiger partial charge in [-0.2, -0.15) is 0 Å². The fraction of sp³-hybridized carbons (Fsp3) is 0.474. The standard InChI is InChI=1S/C19H24N2O2/c22-18-11-12-20(19(23)17-9-5-2-6-10-17)13-14-21(18)15-16-7-3-1-4-8-16/h1-5,7-8,17H,6,9-15H2. The Balaban J connectivity index is 1.60. The largest absolute Gasteiger partial charge is 0.340 e. The molecule has 4 nitrogen and oxygen atoms in total. The zero-order valence-electron chi connectivity index (χ0n) is 13.5. The summed E-state index contributed by atoms with van der Waals surface area (Å²) in [4.78, 5) is 28.8. The summed E-state index contributed by atoms with van der Waals surface area (Å²) >= 11 is 0. The van der Waals surface area contributed by atoms with Gasteiger partial charge in [0.05, 0.1) is 0 Å². The van der Waals surface area contributed by atoms with E-state index in [-0.39, 0.29) is 17.7 Å². The van der Waals surface area contributed by atoms with Crippen LogP contribution in [0.5, 0.6) is 0 Å². The van der Waals surface area contributed by atoms with Crippen molar-refractivity contribution in [2.24, 2.45) is 5.92 Å². The molecule has 1 unspecified atom stereocenters. The van der Waals surface area contributed by atoms with Gasteiger partial charge in [0.15, 0.2) is 0 Å². The van der Waals surface area contributed by atoms with E-state index in [9.17, 15) is 9.59 Å². The van der Waals surface area contributed by atoms with Crippen LogP contribution in [-0.4, -0.2) is 41.2 Å². The number of rotatable bonds is 3. The van der Waals surface area contributed by atoms with Crippen molar-refractivity contribution in [2.75, 3.05) is 19.6 Å². The zero-order valence-corrected chi connectivity index (χ0v) is 13.5. The minimum Gasteiger partial charge on any atom is -0.340 e. The first-order valence-electron chi connectivity index (χ1n) is 8.49. The Hall–Kier alpha value is -2.10. The normalized spacial score (nSPS) is 22.1. The van der Waals surface area contributed by atoms with Crippen LogP contribution < -0.4 is 0 Å². The van der Waals surface area contributed by atoms with Crippen molar-refractivity contribution in [3.8, 4) is 0 Å². The maximum Gasteiger partial charge on any atom is 0.226 e. The van der Waals surface area contributed by atoms with E-state index in [4.69, 9.17) is 0 Å². The maximum atomic E-state index is 12.6. The Morgan fingerprint density at radius 2 is 1.91 bits per heavy atom. The van der Waals surface area contributed by atoms with E-state index in [2.05, 4.69) is 12.2 Å². The summed E-state index contributed by atoms with van der Waals surface area (Å²) in [5.41, 5.74) is 1.14. The van der Waals surface area contributed by atoms with Crippen molar-refractivity contribution in [1.29, 1.82) is 0 Å². The Bertz CT molecular complexity index is 582. The lowest BCUT2D eigenvalue weighted by Gasteiger charge is -2.27. The molecule has 2 amide bonds. The molecule has 0 radical (unpaired) electrons. The van der Waals surface area contributed by atoms with Crippen LogP contribution in [0.2, 0.25) is 0 Å². The van der Waals surface area contributed by atoms with Crippen molar-refractivity contribution < 1.29 is 9.59 Å². The summed E-state index contributed by atoms with van der Waals surface area (Å²) < 4.78 is 0. The van der Waals surface area contributed by atoms with Gasteiger partial charge in [-0.1, -0.05) is 42.5 Å². The number of hydrogen-bond donors (Lipinski definition) is 0. The topological polar surface area (TPSA) is 40.6 Å². The summed E-state index contributed by atoms with van der Waals surface area (Å²) in [5.74, 6) is 0.479. The number of hydrogen-bond acceptors (Lipinski definition) is 2. The molecule has 1 heterocycles. The first kappa shape index (κ1) is 15.8. The average Bonchev–Trinajstić information content (AvgIpc) is 2.78. The van der Waals surface area contributed by atoms with Crippen LogP contribution in [0.15, 0.2) is 42.5 Å². The van der Waals surface area contributed by atoms with Crippen molar-refractivity contribution in [3.63, 3.8) is 0 Å². The lowest BCUT2D eigenvalue weighted by Crippen LogP contribution is -2.39. The van der Waals surface area contributed by atoms with Crippen molar-refractivity contribution in [2.45, 2.75) is 32.2 Å². The van der Waals surface area contributed by atoms with Gasteiger partial charge in [0.1, 0.15) is 0 Å². The lowest BCUT2D eigenvalue weighted by atomic mass is 9.93. The van der Waals surface area contributed by atoms with E-state index in [1.165, 1.54) is 0 Å². The maximum absolute atomic E-state index is 12.6. The fourth-order valence-corrected chi connectivity index (χ4v) is 3.33. The number of carbonyl (C=O) groups is 2. The van der Waals surface area contributed by atoms with E-state index in [1.807, 2.05) is 40.1 Å². The van der Waals surface area contributed by atoms with E-state index in [1.54, 1.807) is 0 Å². The minimum absolute atomic E-state index is 0.107. The lowest BCUT2D eigenvalue weighted by molar-refractivity contribution is -0.135. The van der Waals surface area contributed by atoms with E-state index in [0.717, 1.165) is 24.8 Å². The summed E-state index contributed by atoms with van der Waals surface area (Å²) in [7, 11) is 0. The quantitative estimate of drug-likeness (QED) is 0.805. The molecular formula is C19H24N2O2. The highest BCUT2D eigenvalue weighted by Gasteiger charge is 2.28. The molecule has 0 bridgehead atoms. The molecule has 4 heteroatoms. The molecule has 0 N–H and O–H groups in total. The second-order valence-electron chi connectivity index (χ2n) is 6.36. The Kier molecular flexibility index (Phi) is 5.11. The monoisotopic (exact) mass is 312 g/mol. The highest BCUT2D eigenvalue weighted by atomic mass is 16.2. The second-order valence-corrected chi connectivity index (χ2v) is 6.36. The van der Waals surface area contributed by atoms with Gasteiger partial charge >= 0.3 is 0 Å². The molecular weight excluding hydrogens is 288 g/mol. The molecule has 1 aromatic rings. The summed E-state index contributed by atoms with van der Waals surface area (Å²) in [6.07, 6.45) is 7.46. The van der Waals surface area contributed by atoms with Gasteiger partial charge in [-0.25, -0.2) is 0 Å². The minimum atomic E-state index is 0.107. The van der Waals surface area contributed by atoms with Gasteiger partial charge in [-0.3, -0.25) is 9.59 Å². The van der Waals surface area contributed by atoms with Gasteiger partial charge in [-0.05, 0) is 24.8 Å². The van der Waals surface area contributed by atoms with Crippen LogP contribution in [0.4, 0.5) is 0 Å². The average molecular weight is 312 g/mol. The SMILES string of the molecule is O=C1CCN(C(=O)C2CC=CCC2)CCN1Cc1ccccc1. The molecule has 122 valence electrons. The molecule has 1 aliphatic heterocycles. The van der Waals surface area contributed by atoms with Gasteiger partial charge < -0.3 is 9.80 Å². The van der Waals surface area contributed by atoms with Crippen LogP contribution in [0.3, 0.4) is 0 Å². The molecule has 0 spiro atoms. The predicted octanol–water partition coefficient (Wildman–Crippen LogP) is 2.60. The number of amides is 2.